The first-order chi connectivity index (χ1) is 8.33. The molecule has 17 heavy (non-hydrogen) atoms. The van der Waals surface area contributed by atoms with E-state index in [4.69, 9.17) is 16.6 Å². The van der Waals surface area contributed by atoms with E-state index in [0.717, 1.165) is 18.0 Å². The van der Waals surface area contributed by atoms with Crippen LogP contribution in [0, 0.1) is 0 Å². The van der Waals surface area contributed by atoms with E-state index in [1.54, 1.807) is 0 Å². The van der Waals surface area contributed by atoms with Gasteiger partial charge < -0.3 is 4.90 Å². The largest absolute Gasteiger partial charge is 0.341 e. The Morgan fingerprint density at radius 1 is 1.41 bits per heavy atom. The molecule has 0 radical (unpaired) electrons. The van der Waals surface area contributed by atoms with Gasteiger partial charge in [-0.05, 0) is 36.1 Å². The summed E-state index contributed by atoms with van der Waals surface area (Å²) in [5.41, 5.74) is 2.87. The second kappa shape index (κ2) is 3.66. The fourth-order valence-corrected chi connectivity index (χ4v) is 4.43. The van der Waals surface area contributed by atoms with Crippen LogP contribution in [0.2, 0.25) is 5.02 Å². The molecule has 88 valence electrons. The van der Waals surface area contributed by atoms with Crippen LogP contribution in [0.25, 0.3) is 0 Å². The topological polar surface area (TPSA) is 15.6 Å². The highest BCUT2D eigenvalue weighted by molar-refractivity contribution is 8.14. The summed E-state index contributed by atoms with van der Waals surface area (Å²) in [6.07, 6.45) is 2.28. The summed E-state index contributed by atoms with van der Waals surface area (Å²) in [5.74, 6) is 1.19. The summed E-state index contributed by atoms with van der Waals surface area (Å²) in [6, 6.07) is 7.32. The van der Waals surface area contributed by atoms with E-state index in [0.29, 0.717) is 12.1 Å². The molecule has 0 amide bonds. The van der Waals surface area contributed by atoms with Crippen LogP contribution in [0.4, 0.5) is 0 Å². The number of halogens is 1. The van der Waals surface area contributed by atoms with Gasteiger partial charge in [-0.3, -0.25) is 4.99 Å². The van der Waals surface area contributed by atoms with Crippen LogP contribution in [0.1, 0.15) is 23.6 Å². The number of fused-ring (bicyclic) bond motifs is 5. The summed E-state index contributed by atoms with van der Waals surface area (Å²) in [7, 11) is 0. The van der Waals surface area contributed by atoms with Gasteiger partial charge in [0.05, 0.1) is 12.1 Å². The molecule has 1 fully saturated rings. The molecule has 2 unspecified atom stereocenters. The number of aliphatic imine (C=N–C) groups is 1. The lowest BCUT2D eigenvalue weighted by Gasteiger charge is -2.32. The third-order valence-electron chi connectivity index (χ3n) is 3.92. The zero-order chi connectivity index (χ0) is 11.4. The Balaban J connectivity index is 1.81. The zero-order valence-corrected chi connectivity index (χ0v) is 11.0. The van der Waals surface area contributed by atoms with Gasteiger partial charge in [-0.15, -0.1) is 0 Å². The summed E-state index contributed by atoms with van der Waals surface area (Å²) in [4.78, 5) is 7.35. The fraction of sp³-hybridized carbons (Fsp3) is 0.462. The molecule has 1 aliphatic carbocycles. The lowest BCUT2D eigenvalue weighted by atomic mass is 9.84. The maximum atomic E-state index is 6.08. The molecule has 3 aliphatic rings. The lowest BCUT2D eigenvalue weighted by Crippen LogP contribution is -2.33. The number of benzene rings is 1. The Labute approximate surface area is 110 Å². The van der Waals surface area contributed by atoms with Gasteiger partial charge in [0, 0.05) is 17.3 Å². The van der Waals surface area contributed by atoms with Crippen LogP contribution in [0.5, 0.6) is 0 Å². The summed E-state index contributed by atoms with van der Waals surface area (Å²) in [5, 5.41) is 2.12. The molecule has 1 aromatic rings. The Hall–Kier alpha value is -0.670. The van der Waals surface area contributed by atoms with Crippen LogP contribution < -0.4 is 0 Å². The number of rotatable bonds is 0. The minimum absolute atomic E-state index is 0.478. The van der Waals surface area contributed by atoms with Gasteiger partial charge in [0.25, 0.3) is 0 Å². The number of amidine groups is 1. The first-order valence-corrected chi connectivity index (χ1v) is 7.45. The molecule has 1 aromatic carbocycles. The highest BCUT2D eigenvalue weighted by Gasteiger charge is 2.42. The van der Waals surface area contributed by atoms with Gasteiger partial charge in [0.2, 0.25) is 0 Å². The van der Waals surface area contributed by atoms with Crippen molar-refractivity contribution in [1.29, 1.82) is 0 Å². The maximum absolute atomic E-state index is 6.08. The molecule has 2 atom stereocenters. The number of thioether (sulfide) groups is 1. The number of hydrogen-bond acceptors (Lipinski definition) is 3. The van der Waals surface area contributed by atoms with Gasteiger partial charge in [-0.2, -0.15) is 0 Å². The first kappa shape index (κ1) is 10.3. The highest BCUT2D eigenvalue weighted by Crippen LogP contribution is 2.44. The third kappa shape index (κ3) is 1.45. The van der Waals surface area contributed by atoms with Crippen molar-refractivity contribution >= 4 is 28.5 Å². The smallest absolute Gasteiger partial charge is 0.160 e. The van der Waals surface area contributed by atoms with Gasteiger partial charge in [0.15, 0.2) is 5.17 Å². The number of aryl methyl sites for hydroxylation is 1. The van der Waals surface area contributed by atoms with Crippen molar-refractivity contribution in [2.24, 2.45) is 4.99 Å². The van der Waals surface area contributed by atoms with E-state index in [1.807, 2.05) is 17.8 Å². The second-order valence-electron chi connectivity index (χ2n) is 4.85. The molecule has 2 nitrogen and oxygen atoms in total. The van der Waals surface area contributed by atoms with Crippen molar-refractivity contribution in [3.63, 3.8) is 0 Å². The zero-order valence-electron chi connectivity index (χ0n) is 9.40. The predicted molar refractivity (Wildman–Crippen MR) is 72.9 cm³/mol. The fourth-order valence-electron chi connectivity index (χ4n) is 3.18. The predicted octanol–water partition coefficient (Wildman–Crippen LogP) is 3.11. The minimum Gasteiger partial charge on any atom is -0.341 e. The second-order valence-corrected chi connectivity index (χ2v) is 6.35. The van der Waals surface area contributed by atoms with Crippen LogP contribution in [0.15, 0.2) is 23.2 Å². The van der Waals surface area contributed by atoms with Gasteiger partial charge in [0.1, 0.15) is 0 Å². The molecule has 2 aliphatic heterocycles. The van der Waals surface area contributed by atoms with Crippen molar-refractivity contribution in [2.45, 2.75) is 24.9 Å². The van der Waals surface area contributed by atoms with Gasteiger partial charge >= 0.3 is 0 Å². The molecule has 2 heterocycles. The molecular formula is C13H13ClN2S. The average molecular weight is 265 g/mol. The molecular weight excluding hydrogens is 252 g/mol. The summed E-state index contributed by atoms with van der Waals surface area (Å²) >= 11 is 7.99. The normalized spacial score (nSPS) is 29.7. The van der Waals surface area contributed by atoms with E-state index in [2.05, 4.69) is 17.0 Å². The van der Waals surface area contributed by atoms with Gasteiger partial charge in [-0.1, -0.05) is 29.4 Å². The Morgan fingerprint density at radius 2 is 2.35 bits per heavy atom. The van der Waals surface area contributed by atoms with E-state index in [1.165, 1.54) is 28.5 Å². The molecule has 1 saturated heterocycles. The SMILES string of the molecule is Clc1ccc2c(c1)CCC1N=C3SCCN3C21. The van der Waals surface area contributed by atoms with Crippen LogP contribution in [-0.2, 0) is 6.42 Å². The van der Waals surface area contributed by atoms with E-state index in [-0.39, 0.29) is 0 Å². The van der Waals surface area contributed by atoms with Crippen molar-refractivity contribution in [3.8, 4) is 0 Å². The van der Waals surface area contributed by atoms with Crippen LogP contribution in [0.3, 0.4) is 0 Å². The Kier molecular flexibility index (Phi) is 2.21. The van der Waals surface area contributed by atoms with Crippen molar-refractivity contribution in [1.82, 2.24) is 4.90 Å². The lowest BCUT2D eigenvalue weighted by molar-refractivity contribution is 0.309. The molecule has 4 rings (SSSR count). The Morgan fingerprint density at radius 3 is 3.29 bits per heavy atom. The number of hydrogen-bond donors (Lipinski definition) is 0. The monoisotopic (exact) mass is 264 g/mol. The molecule has 4 heteroatoms. The van der Waals surface area contributed by atoms with E-state index >= 15 is 0 Å². The number of nitrogens with zero attached hydrogens (tertiary/aromatic N) is 2. The standard InChI is InChI=1S/C13H13ClN2S/c14-9-2-3-10-8(7-9)1-4-11-12(10)16-5-6-17-13(16)15-11/h2-3,7,11-12H,1,4-6H2. The van der Waals surface area contributed by atoms with Crippen LogP contribution >= 0.6 is 23.4 Å². The molecule has 0 aromatic heterocycles. The summed E-state index contributed by atoms with van der Waals surface area (Å²) in [6.45, 7) is 1.15. The van der Waals surface area contributed by atoms with Crippen molar-refractivity contribution in [2.75, 3.05) is 12.3 Å². The summed E-state index contributed by atoms with van der Waals surface area (Å²) < 4.78 is 0. The van der Waals surface area contributed by atoms with E-state index in [9.17, 15) is 0 Å². The maximum Gasteiger partial charge on any atom is 0.160 e. The molecule has 0 spiro atoms. The third-order valence-corrected chi connectivity index (χ3v) is 5.14. The van der Waals surface area contributed by atoms with Gasteiger partial charge in [-0.25, -0.2) is 0 Å². The van der Waals surface area contributed by atoms with Crippen LogP contribution in [-0.4, -0.2) is 28.4 Å². The molecule has 0 saturated carbocycles. The highest BCUT2D eigenvalue weighted by atomic mass is 35.5. The van der Waals surface area contributed by atoms with Crippen molar-refractivity contribution < 1.29 is 0 Å². The minimum atomic E-state index is 0.478. The quantitative estimate of drug-likeness (QED) is 0.716. The van der Waals surface area contributed by atoms with E-state index < -0.39 is 0 Å². The van der Waals surface area contributed by atoms with Crippen molar-refractivity contribution in [3.05, 3.63) is 34.3 Å². The Bertz CT molecular complexity index is 514. The first-order valence-electron chi connectivity index (χ1n) is 6.08. The average Bonchev–Trinajstić information content (AvgIpc) is 2.88. The molecule has 0 N–H and O–H groups in total. The molecule has 0 bridgehead atoms.